The molecule has 3 nitrogen and oxygen atoms in total. The van der Waals surface area contributed by atoms with Crippen molar-refractivity contribution in [2.45, 2.75) is 43.9 Å². The van der Waals surface area contributed by atoms with Crippen molar-refractivity contribution >= 4 is 22.6 Å². The minimum atomic E-state index is -0.160. The molecule has 2 N–H and O–H groups in total. The second-order valence-corrected chi connectivity index (χ2v) is 6.01. The molecule has 0 saturated heterocycles. The largest absolute Gasteiger partial charge is 0.323 e. The van der Waals surface area contributed by atoms with Crippen molar-refractivity contribution in [1.29, 1.82) is 0 Å². The van der Waals surface area contributed by atoms with Gasteiger partial charge in [-0.05, 0) is 36.5 Å². The standard InChI is InChI=1S/C15H19ClN2O/c16-14(10-5-3-1-2-4-6-10)11-7-8-12-13(9-11)18-15(19)17-12/h7-10,14H,1-6H2,(H2,17,18,19). The summed E-state index contributed by atoms with van der Waals surface area (Å²) in [4.78, 5) is 16.8. The molecular weight excluding hydrogens is 260 g/mol. The van der Waals surface area contributed by atoms with Crippen molar-refractivity contribution in [1.82, 2.24) is 9.97 Å². The third-order valence-electron chi connectivity index (χ3n) is 4.17. The van der Waals surface area contributed by atoms with Crippen LogP contribution in [0.15, 0.2) is 23.0 Å². The van der Waals surface area contributed by atoms with Crippen LogP contribution in [0.25, 0.3) is 11.0 Å². The molecule has 1 aromatic heterocycles. The average Bonchev–Trinajstić information content (AvgIpc) is 2.63. The second kappa shape index (κ2) is 5.41. The van der Waals surface area contributed by atoms with Gasteiger partial charge in [-0.25, -0.2) is 4.79 Å². The van der Waals surface area contributed by atoms with Crippen LogP contribution in [0.5, 0.6) is 0 Å². The van der Waals surface area contributed by atoms with Gasteiger partial charge in [0.15, 0.2) is 0 Å². The molecule has 1 aromatic carbocycles. The van der Waals surface area contributed by atoms with Crippen molar-refractivity contribution in [3.8, 4) is 0 Å². The molecule has 1 atom stereocenters. The molecule has 0 spiro atoms. The highest BCUT2D eigenvalue weighted by molar-refractivity contribution is 6.21. The van der Waals surface area contributed by atoms with Gasteiger partial charge in [0.2, 0.25) is 0 Å². The first kappa shape index (κ1) is 12.8. The maximum atomic E-state index is 11.3. The highest BCUT2D eigenvalue weighted by Crippen LogP contribution is 2.38. The first-order chi connectivity index (χ1) is 9.24. The van der Waals surface area contributed by atoms with E-state index in [0.29, 0.717) is 5.92 Å². The predicted molar refractivity (Wildman–Crippen MR) is 78.7 cm³/mol. The highest BCUT2D eigenvalue weighted by Gasteiger charge is 2.22. The summed E-state index contributed by atoms with van der Waals surface area (Å²) in [6, 6.07) is 5.99. The van der Waals surface area contributed by atoms with Gasteiger partial charge >= 0.3 is 5.69 Å². The van der Waals surface area contributed by atoms with Crippen LogP contribution < -0.4 is 5.69 Å². The van der Waals surface area contributed by atoms with E-state index in [4.69, 9.17) is 11.6 Å². The first-order valence-corrected chi connectivity index (χ1v) is 7.54. The van der Waals surface area contributed by atoms with E-state index in [2.05, 4.69) is 9.97 Å². The predicted octanol–water partition coefficient (Wildman–Crippen LogP) is 4.11. The van der Waals surface area contributed by atoms with Crippen LogP contribution in [0.1, 0.15) is 49.5 Å². The van der Waals surface area contributed by atoms with Crippen LogP contribution in [0.4, 0.5) is 0 Å². The molecule has 0 radical (unpaired) electrons. The zero-order chi connectivity index (χ0) is 13.2. The van der Waals surface area contributed by atoms with Crippen LogP contribution in [0.2, 0.25) is 0 Å². The lowest BCUT2D eigenvalue weighted by Crippen LogP contribution is -2.07. The normalized spacial score (nSPS) is 19.4. The van der Waals surface area contributed by atoms with Gasteiger partial charge in [-0.15, -0.1) is 11.6 Å². The van der Waals surface area contributed by atoms with E-state index in [1.807, 2.05) is 18.2 Å². The van der Waals surface area contributed by atoms with Crippen LogP contribution in [0, 0.1) is 5.92 Å². The molecule has 0 amide bonds. The highest BCUT2D eigenvalue weighted by atomic mass is 35.5. The number of hydrogen-bond acceptors (Lipinski definition) is 1. The molecule has 1 aliphatic carbocycles. The smallest absolute Gasteiger partial charge is 0.306 e. The van der Waals surface area contributed by atoms with Crippen molar-refractivity contribution in [2.24, 2.45) is 5.92 Å². The molecule has 1 unspecified atom stereocenters. The monoisotopic (exact) mass is 278 g/mol. The topological polar surface area (TPSA) is 48.6 Å². The van der Waals surface area contributed by atoms with Gasteiger partial charge in [0, 0.05) is 0 Å². The Balaban J connectivity index is 1.87. The Morgan fingerprint density at radius 1 is 1.05 bits per heavy atom. The van der Waals surface area contributed by atoms with Gasteiger partial charge in [-0.3, -0.25) is 0 Å². The SMILES string of the molecule is O=c1[nH]c2ccc(C(Cl)C3CCCCCC3)cc2[nH]1. The summed E-state index contributed by atoms with van der Waals surface area (Å²) in [5.74, 6) is 0.562. The molecule has 19 heavy (non-hydrogen) atoms. The number of alkyl halides is 1. The Hall–Kier alpha value is -1.22. The van der Waals surface area contributed by atoms with E-state index >= 15 is 0 Å². The van der Waals surface area contributed by atoms with Crippen molar-refractivity contribution < 1.29 is 0 Å². The number of fused-ring (bicyclic) bond motifs is 1. The zero-order valence-corrected chi connectivity index (χ0v) is 11.7. The molecule has 1 aliphatic rings. The molecule has 1 saturated carbocycles. The first-order valence-electron chi connectivity index (χ1n) is 7.10. The lowest BCUT2D eigenvalue weighted by Gasteiger charge is -2.20. The molecule has 2 aromatic rings. The summed E-state index contributed by atoms with van der Waals surface area (Å²) in [6.45, 7) is 0. The summed E-state index contributed by atoms with van der Waals surface area (Å²) in [5.41, 5.74) is 2.66. The number of nitrogens with one attached hydrogen (secondary N) is 2. The van der Waals surface area contributed by atoms with E-state index in [-0.39, 0.29) is 11.1 Å². The fourth-order valence-corrected chi connectivity index (χ4v) is 3.49. The van der Waals surface area contributed by atoms with Crippen LogP contribution >= 0.6 is 11.6 Å². The molecule has 102 valence electrons. The minimum Gasteiger partial charge on any atom is -0.306 e. The van der Waals surface area contributed by atoms with Crippen LogP contribution in [-0.2, 0) is 0 Å². The molecule has 3 rings (SSSR count). The molecular formula is C15H19ClN2O. The Morgan fingerprint density at radius 2 is 1.74 bits per heavy atom. The summed E-state index contributed by atoms with van der Waals surface area (Å²) < 4.78 is 0. The number of imidazole rings is 1. The number of halogens is 1. The summed E-state index contributed by atoms with van der Waals surface area (Å²) in [5, 5.41) is 0.0564. The lowest BCUT2D eigenvalue weighted by molar-refractivity contribution is 0.445. The molecule has 4 heteroatoms. The zero-order valence-electron chi connectivity index (χ0n) is 10.9. The molecule has 1 heterocycles. The van der Waals surface area contributed by atoms with E-state index in [1.165, 1.54) is 38.5 Å². The number of hydrogen-bond donors (Lipinski definition) is 2. The van der Waals surface area contributed by atoms with Crippen molar-refractivity contribution in [3.63, 3.8) is 0 Å². The summed E-state index contributed by atoms with van der Waals surface area (Å²) in [6.07, 6.45) is 7.69. The van der Waals surface area contributed by atoms with Crippen LogP contribution in [0.3, 0.4) is 0 Å². The van der Waals surface area contributed by atoms with Gasteiger partial charge in [-0.2, -0.15) is 0 Å². The Bertz CT molecular complexity index is 608. The van der Waals surface area contributed by atoms with E-state index < -0.39 is 0 Å². The summed E-state index contributed by atoms with van der Waals surface area (Å²) >= 11 is 6.66. The second-order valence-electron chi connectivity index (χ2n) is 5.54. The quantitative estimate of drug-likeness (QED) is 0.630. The minimum absolute atomic E-state index is 0.0564. The number of benzene rings is 1. The van der Waals surface area contributed by atoms with Gasteiger partial charge < -0.3 is 9.97 Å². The maximum absolute atomic E-state index is 11.3. The molecule has 0 bridgehead atoms. The maximum Gasteiger partial charge on any atom is 0.323 e. The van der Waals surface area contributed by atoms with Gasteiger partial charge in [0.1, 0.15) is 0 Å². The van der Waals surface area contributed by atoms with Gasteiger partial charge in [-0.1, -0.05) is 31.7 Å². The third kappa shape index (κ3) is 2.71. The Morgan fingerprint density at radius 3 is 2.47 bits per heavy atom. The Labute approximate surface area is 117 Å². The molecule has 1 fully saturated rings. The van der Waals surface area contributed by atoms with E-state index in [9.17, 15) is 4.79 Å². The number of aromatic nitrogens is 2. The van der Waals surface area contributed by atoms with Gasteiger partial charge in [0.05, 0.1) is 16.4 Å². The lowest BCUT2D eigenvalue weighted by atomic mass is 9.92. The fourth-order valence-electron chi connectivity index (χ4n) is 3.10. The van der Waals surface area contributed by atoms with Crippen LogP contribution in [-0.4, -0.2) is 9.97 Å². The molecule has 0 aliphatic heterocycles. The Kier molecular flexibility index (Phi) is 3.65. The average molecular weight is 279 g/mol. The third-order valence-corrected chi connectivity index (χ3v) is 4.78. The number of rotatable bonds is 2. The fraction of sp³-hybridized carbons (Fsp3) is 0.533. The number of H-pyrrole nitrogens is 2. The van der Waals surface area contributed by atoms with E-state index in [0.717, 1.165) is 16.6 Å². The van der Waals surface area contributed by atoms with Crippen molar-refractivity contribution in [3.05, 3.63) is 34.2 Å². The van der Waals surface area contributed by atoms with Crippen molar-refractivity contribution in [2.75, 3.05) is 0 Å². The van der Waals surface area contributed by atoms with E-state index in [1.54, 1.807) is 0 Å². The summed E-state index contributed by atoms with van der Waals surface area (Å²) in [7, 11) is 0. The van der Waals surface area contributed by atoms with Gasteiger partial charge in [0.25, 0.3) is 0 Å². The number of aromatic amines is 2.